The largest absolute Gasteiger partial charge is 0.820 e. The third-order valence-corrected chi connectivity index (χ3v) is 0.980. The van der Waals surface area contributed by atoms with Crippen LogP contribution in [0, 0.1) is 0 Å². The van der Waals surface area contributed by atoms with Crippen LogP contribution in [-0.4, -0.2) is 45.0 Å². The summed E-state index contributed by atoms with van der Waals surface area (Å²) in [7, 11) is 6.52. The zero-order valence-corrected chi connectivity index (χ0v) is 9.68. The van der Waals surface area contributed by atoms with Crippen molar-refractivity contribution in [2.45, 2.75) is 0 Å². The molecular formula is C10H18BNO3. The van der Waals surface area contributed by atoms with Gasteiger partial charge < -0.3 is 19.2 Å². The standard InChI is InChI=1S/C6H6BO3.C4H12N/c8-7(9)10-6-4-2-1-3-5-6;1-5(2,3)4/h1-5,8H;1-4H3/q-1;+1. The molecule has 0 spiro atoms. The normalized spacial score (nSPS) is 10.0. The van der Waals surface area contributed by atoms with Crippen molar-refractivity contribution in [3.05, 3.63) is 30.3 Å². The second-order valence-electron chi connectivity index (χ2n) is 4.42. The molecule has 1 aromatic carbocycles. The van der Waals surface area contributed by atoms with Crippen LogP contribution >= 0.6 is 0 Å². The van der Waals surface area contributed by atoms with Gasteiger partial charge in [0.2, 0.25) is 0 Å². The Morgan fingerprint density at radius 1 is 1.13 bits per heavy atom. The number of quaternary nitrogens is 1. The van der Waals surface area contributed by atoms with Crippen LogP contribution < -0.4 is 9.68 Å². The highest BCUT2D eigenvalue weighted by molar-refractivity contribution is 6.31. The molecule has 0 radical (unpaired) electrons. The highest BCUT2D eigenvalue weighted by Gasteiger charge is 1.93. The Balaban J connectivity index is 0.000000336. The predicted molar refractivity (Wildman–Crippen MR) is 59.0 cm³/mol. The molecule has 0 aliphatic rings. The molecule has 1 aromatic rings. The monoisotopic (exact) mass is 211 g/mol. The van der Waals surface area contributed by atoms with Crippen LogP contribution in [0.15, 0.2) is 30.3 Å². The van der Waals surface area contributed by atoms with Gasteiger partial charge in [0.05, 0.1) is 33.9 Å². The molecule has 0 atom stereocenters. The van der Waals surface area contributed by atoms with Gasteiger partial charge >= 0.3 is 7.32 Å². The molecule has 15 heavy (non-hydrogen) atoms. The van der Waals surface area contributed by atoms with Gasteiger partial charge in [-0.25, -0.2) is 0 Å². The van der Waals surface area contributed by atoms with E-state index in [1.807, 2.05) is 0 Å². The van der Waals surface area contributed by atoms with Crippen molar-refractivity contribution in [3.8, 4) is 5.75 Å². The Labute approximate surface area is 91.5 Å². The van der Waals surface area contributed by atoms with Gasteiger partial charge in [-0.15, -0.1) is 0 Å². The summed E-state index contributed by atoms with van der Waals surface area (Å²) in [6, 6.07) is 8.43. The molecule has 0 aliphatic heterocycles. The summed E-state index contributed by atoms with van der Waals surface area (Å²) in [5.74, 6) is 0.380. The molecule has 1 N–H and O–H groups in total. The highest BCUT2D eigenvalue weighted by atomic mass is 16.6. The van der Waals surface area contributed by atoms with Crippen molar-refractivity contribution in [1.29, 1.82) is 0 Å². The molecule has 84 valence electrons. The second kappa shape index (κ2) is 6.45. The van der Waals surface area contributed by atoms with Crippen LogP contribution in [0.25, 0.3) is 0 Å². The average molecular weight is 211 g/mol. The fraction of sp³-hybridized carbons (Fsp3) is 0.400. The van der Waals surface area contributed by atoms with E-state index in [1.165, 1.54) is 0 Å². The smallest absolute Gasteiger partial charge is 0.415 e. The van der Waals surface area contributed by atoms with E-state index in [4.69, 9.17) is 5.02 Å². The second-order valence-corrected chi connectivity index (χ2v) is 4.42. The quantitative estimate of drug-likeness (QED) is 0.541. The molecule has 0 fully saturated rings. The molecule has 0 aliphatic carbocycles. The van der Waals surface area contributed by atoms with Crippen LogP contribution in [0.5, 0.6) is 5.75 Å². The summed E-state index contributed by atoms with van der Waals surface area (Å²) in [6.45, 7) is 0. The third kappa shape index (κ3) is 13.0. The van der Waals surface area contributed by atoms with E-state index in [1.54, 1.807) is 30.3 Å². The Morgan fingerprint density at radius 3 is 1.87 bits per heavy atom. The van der Waals surface area contributed by atoms with Gasteiger partial charge in [0, 0.05) is 0 Å². The van der Waals surface area contributed by atoms with Gasteiger partial charge in [0.1, 0.15) is 0 Å². The Hall–Kier alpha value is -1.04. The molecule has 0 heterocycles. The Morgan fingerprint density at radius 2 is 1.53 bits per heavy atom. The van der Waals surface area contributed by atoms with Gasteiger partial charge in [-0.1, -0.05) is 18.2 Å². The van der Waals surface area contributed by atoms with E-state index < -0.39 is 7.32 Å². The van der Waals surface area contributed by atoms with Crippen molar-refractivity contribution in [3.63, 3.8) is 0 Å². The van der Waals surface area contributed by atoms with Gasteiger partial charge in [-0.05, 0) is 12.1 Å². The van der Waals surface area contributed by atoms with Gasteiger partial charge in [0.15, 0.2) is 0 Å². The van der Waals surface area contributed by atoms with Crippen LogP contribution in [0.4, 0.5) is 0 Å². The van der Waals surface area contributed by atoms with Gasteiger partial charge in [0.25, 0.3) is 0 Å². The lowest BCUT2D eigenvalue weighted by Gasteiger charge is -2.14. The van der Waals surface area contributed by atoms with E-state index in [0.717, 1.165) is 4.48 Å². The summed E-state index contributed by atoms with van der Waals surface area (Å²) in [5.41, 5.74) is 0. The first-order valence-electron chi connectivity index (χ1n) is 4.63. The lowest BCUT2D eigenvalue weighted by atomic mass is 10.2. The van der Waals surface area contributed by atoms with Crippen LogP contribution in [0.1, 0.15) is 0 Å². The van der Waals surface area contributed by atoms with Crippen LogP contribution in [0.2, 0.25) is 0 Å². The third-order valence-electron chi connectivity index (χ3n) is 0.980. The van der Waals surface area contributed by atoms with E-state index in [2.05, 4.69) is 32.8 Å². The van der Waals surface area contributed by atoms with Crippen molar-refractivity contribution in [1.82, 2.24) is 0 Å². The van der Waals surface area contributed by atoms with Crippen molar-refractivity contribution in [2.75, 3.05) is 28.2 Å². The minimum atomic E-state index is -1.98. The van der Waals surface area contributed by atoms with Crippen LogP contribution in [-0.2, 0) is 0 Å². The lowest BCUT2D eigenvalue weighted by molar-refractivity contribution is -0.849. The maximum absolute atomic E-state index is 10.0. The first-order valence-corrected chi connectivity index (χ1v) is 4.63. The number of nitrogens with zero attached hydrogens (tertiary/aromatic N) is 1. The minimum absolute atomic E-state index is 0.380. The summed E-state index contributed by atoms with van der Waals surface area (Å²) < 4.78 is 5.41. The number of hydrogen-bond donors (Lipinski definition) is 1. The fourth-order valence-corrected chi connectivity index (χ4v) is 0.615. The molecule has 0 amide bonds. The molecule has 0 unspecified atom stereocenters. The maximum Gasteiger partial charge on any atom is 0.415 e. The summed E-state index contributed by atoms with van der Waals surface area (Å²) in [5, 5.41) is 18.3. The molecule has 0 saturated heterocycles. The SMILES string of the molecule is C[N+](C)(C)C.[O-]B(O)Oc1ccccc1. The molecule has 1 rings (SSSR count). The van der Waals surface area contributed by atoms with E-state index in [-0.39, 0.29) is 0 Å². The maximum atomic E-state index is 10.0. The van der Waals surface area contributed by atoms with E-state index >= 15 is 0 Å². The molecule has 0 bridgehead atoms. The van der Waals surface area contributed by atoms with Crippen LogP contribution in [0.3, 0.4) is 0 Å². The average Bonchev–Trinajstić information content (AvgIpc) is 2.01. The molecule has 0 aromatic heterocycles. The first kappa shape index (κ1) is 14.0. The Kier molecular flexibility index (Phi) is 6.00. The molecular weight excluding hydrogens is 193 g/mol. The van der Waals surface area contributed by atoms with Crippen molar-refractivity contribution in [2.24, 2.45) is 0 Å². The van der Waals surface area contributed by atoms with E-state index in [0.29, 0.717) is 5.75 Å². The first-order chi connectivity index (χ1) is 6.79. The highest BCUT2D eigenvalue weighted by Crippen LogP contribution is 2.07. The van der Waals surface area contributed by atoms with Crippen molar-refractivity contribution < 1.29 is 19.2 Å². The number of para-hydroxylation sites is 1. The van der Waals surface area contributed by atoms with E-state index in [9.17, 15) is 5.02 Å². The minimum Gasteiger partial charge on any atom is -0.820 e. The summed E-state index contributed by atoms with van der Waals surface area (Å²) in [6.07, 6.45) is 0. The number of hydrogen-bond acceptors (Lipinski definition) is 3. The van der Waals surface area contributed by atoms with Crippen molar-refractivity contribution >= 4 is 7.32 Å². The molecule has 0 saturated carbocycles. The number of rotatable bonds is 2. The zero-order valence-electron chi connectivity index (χ0n) is 9.68. The topological polar surface area (TPSA) is 52.5 Å². The van der Waals surface area contributed by atoms with Gasteiger partial charge in [-0.2, -0.15) is 0 Å². The summed E-state index contributed by atoms with van der Waals surface area (Å²) >= 11 is 0. The molecule has 5 heteroatoms. The summed E-state index contributed by atoms with van der Waals surface area (Å²) in [4.78, 5) is 0. The Bertz CT molecular complexity index is 253. The number of benzene rings is 1. The fourth-order valence-electron chi connectivity index (χ4n) is 0.615. The van der Waals surface area contributed by atoms with Gasteiger partial charge in [-0.3, -0.25) is 0 Å². The predicted octanol–water partition coefficient (Wildman–Crippen LogP) is -0.275. The lowest BCUT2D eigenvalue weighted by Crippen LogP contribution is -2.37. The molecule has 4 nitrogen and oxygen atoms in total. The zero-order chi connectivity index (χ0) is 11.9.